The molecule has 5 nitrogen and oxygen atoms in total. The summed E-state index contributed by atoms with van der Waals surface area (Å²) in [5.74, 6) is -3.19. The van der Waals surface area contributed by atoms with Gasteiger partial charge in [0.2, 0.25) is 5.91 Å². The van der Waals surface area contributed by atoms with E-state index in [1.165, 1.54) is 13.1 Å². The smallest absolute Gasteiger partial charge is 0.268 e. The Morgan fingerprint density at radius 2 is 1.78 bits per heavy atom. The molecule has 1 aromatic heterocycles. The first kappa shape index (κ1) is 18.6. The number of nitrogens with one attached hydrogen (secondary N) is 3. The van der Waals surface area contributed by atoms with Crippen LogP contribution in [0.1, 0.15) is 33.2 Å². The van der Waals surface area contributed by atoms with Crippen molar-refractivity contribution < 1.29 is 18.4 Å². The van der Waals surface area contributed by atoms with Crippen LogP contribution in [-0.2, 0) is 4.79 Å². The highest BCUT2D eigenvalue weighted by Gasteiger charge is 2.24. The first-order chi connectivity index (χ1) is 12.8. The van der Waals surface area contributed by atoms with Crippen molar-refractivity contribution in [3.05, 3.63) is 70.4 Å². The molecule has 2 amide bonds. The summed E-state index contributed by atoms with van der Waals surface area (Å²) in [6, 6.07) is 7.54. The Morgan fingerprint density at radius 1 is 1.04 bits per heavy atom. The Labute approximate surface area is 154 Å². The third-order valence-electron chi connectivity index (χ3n) is 4.39. The molecule has 0 spiro atoms. The van der Waals surface area contributed by atoms with Crippen LogP contribution in [0, 0.1) is 25.5 Å². The number of likely N-dealkylation sites (N-methyl/N-ethyl adjacent to an activating group) is 1. The number of H-pyrrole nitrogens is 1. The molecule has 0 aliphatic carbocycles. The zero-order chi connectivity index (χ0) is 19.7. The number of fused-ring (bicyclic) bond motifs is 1. The molecular weight excluding hydrogens is 352 g/mol. The average molecular weight is 371 g/mol. The lowest BCUT2D eigenvalue weighted by Crippen LogP contribution is -2.39. The van der Waals surface area contributed by atoms with Crippen LogP contribution in [0.3, 0.4) is 0 Å². The maximum atomic E-state index is 13.6. The Hall–Kier alpha value is -3.22. The van der Waals surface area contributed by atoms with Gasteiger partial charge in [-0.25, -0.2) is 8.78 Å². The van der Waals surface area contributed by atoms with Gasteiger partial charge in [0.05, 0.1) is 0 Å². The van der Waals surface area contributed by atoms with E-state index in [1.807, 2.05) is 26.0 Å². The summed E-state index contributed by atoms with van der Waals surface area (Å²) in [7, 11) is 1.40. The molecule has 3 rings (SSSR count). The van der Waals surface area contributed by atoms with Gasteiger partial charge in [-0.1, -0.05) is 12.1 Å². The lowest BCUT2D eigenvalue weighted by atomic mass is 10.1. The van der Waals surface area contributed by atoms with Gasteiger partial charge in [-0.15, -0.1) is 0 Å². The molecule has 0 aliphatic heterocycles. The normalized spacial score (nSPS) is 12.0. The Kier molecular flexibility index (Phi) is 4.94. The number of carbonyl (C=O) groups is 2. The summed E-state index contributed by atoms with van der Waals surface area (Å²) in [5, 5.41) is 5.89. The van der Waals surface area contributed by atoms with Crippen molar-refractivity contribution in [3.63, 3.8) is 0 Å². The van der Waals surface area contributed by atoms with Crippen molar-refractivity contribution >= 4 is 22.7 Å². The van der Waals surface area contributed by atoms with Crippen molar-refractivity contribution in [2.24, 2.45) is 0 Å². The van der Waals surface area contributed by atoms with Crippen molar-refractivity contribution in [2.45, 2.75) is 19.9 Å². The van der Waals surface area contributed by atoms with Crippen molar-refractivity contribution in [1.29, 1.82) is 0 Å². The zero-order valence-corrected chi connectivity index (χ0v) is 15.1. The number of aromatic amines is 1. The quantitative estimate of drug-likeness (QED) is 0.658. The molecule has 2 aromatic carbocycles. The molecule has 0 aliphatic rings. The summed E-state index contributed by atoms with van der Waals surface area (Å²) in [6.45, 7) is 3.90. The number of benzene rings is 2. The van der Waals surface area contributed by atoms with Gasteiger partial charge in [0.25, 0.3) is 5.91 Å². The van der Waals surface area contributed by atoms with Crippen LogP contribution < -0.4 is 10.6 Å². The van der Waals surface area contributed by atoms with Crippen LogP contribution in [0.15, 0.2) is 36.4 Å². The van der Waals surface area contributed by atoms with Crippen LogP contribution in [0.25, 0.3) is 10.9 Å². The van der Waals surface area contributed by atoms with Crippen LogP contribution in [0.2, 0.25) is 0 Å². The molecular formula is C20H19F2N3O2. The van der Waals surface area contributed by atoms with E-state index in [-0.39, 0.29) is 11.3 Å². The number of aromatic nitrogens is 1. The van der Waals surface area contributed by atoms with Gasteiger partial charge in [0.15, 0.2) is 11.6 Å². The van der Waals surface area contributed by atoms with Gasteiger partial charge in [0, 0.05) is 18.0 Å². The van der Waals surface area contributed by atoms with Crippen LogP contribution in [0.4, 0.5) is 8.78 Å². The number of hydrogen-bond acceptors (Lipinski definition) is 2. The highest BCUT2D eigenvalue weighted by Crippen LogP contribution is 2.22. The summed E-state index contributed by atoms with van der Waals surface area (Å²) in [6.07, 6.45) is 0. The van der Waals surface area contributed by atoms with Crippen molar-refractivity contribution in [3.8, 4) is 0 Å². The molecule has 7 heteroatoms. The van der Waals surface area contributed by atoms with Crippen LogP contribution >= 0.6 is 0 Å². The topological polar surface area (TPSA) is 74.0 Å². The minimum Gasteiger partial charge on any atom is -0.357 e. The Bertz CT molecular complexity index is 1040. The van der Waals surface area contributed by atoms with E-state index in [0.717, 1.165) is 34.2 Å². The molecule has 3 N–H and O–H groups in total. The van der Waals surface area contributed by atoms with Gasteiger partial charge in [-0.2, -0.15) is 0 Å². The second-order valence-corrected chi connectivity index (χ2v) is 6.42. The molecule has 0 saturated heterocycles. The van der Waals surface area contributed by atoms with E-state index in [1.54, 1.807) is 6.07 Å². The van der Waals surface area contributed by atoms with E-state index in [2.05, 4.69) is 15.6 Å². The summed E-state index contributed by atoms with van der Waals surface area (Å²) < 4.78 is 26.8. The van der Waals surface area contributed by atoms with E-state index in [0.29, 0.717) is 0 Å². The molecule has 0 bridgehead atoms. The first-order valence-electron chi connectivity index (χ1n) is 8.37. The fourth-order valence-electron chi connectivity index (χ4n) is 3.07. The first-order valence-corrected chi connectivity index (χ1v) is 8.37. The molecule has 0 radical (unpaired) electrons. The van der Waals surface area contributed by atoms with E-state index in [9.17, 15) is 18.4 Å². The number of carbonyl (C=O) groups excluding carboxylic acids is 2. The van der Waals surface area contributed by atoms with Gasteiger partial charge in [0.1, 0.15) is 11.7 Å². The lowest BCUT2D eigenvalue weighted by Gasteiger charge is -2.17. The summed E-state index contributed by atoms with van der Waals surface area (Å²) in [5.41, 5.74) is 3.30. The fourth-order valence-corrected chi connectivity index (χ4v) is 3.07. The highest BCUT2D eigenvalue weighted by molar-refractivity contribution is 6.01. The molecule has 3 aromatic rings. The van der Waals surface area contributed by atoms with E-state index >= 15 is 0 Å². The molecule has 1 atom stereocenters. The number of halogens is 2. The number of hydrogen-bond donors (Lipinski definition) is 3. The predicted octanol–water partition coefficient (Wildman–Crippen LogP) is 3.28. The standard InChI is InChI=1S/C20H19F2N3O2/c1-10-6-11(2)13-9-17(24-16(13)7-10)19(26)25-18(20(27)23-3)12-4-5-14(21)15(22)8-12/h4-9,18,24H,1-3H3,(H,23,27)(H,25,26). The minimum atomic E-state index is -1.16. The van der Waals surface area contributed by atoms with Crippen molar-refractivity contribution in [1.82, 2.24) is 15.6 Å². The number of aryl methyl sites for hydroxylation is 2. The Morgan fingerprint density at radius 3 is 2.44 bits per heavy atom. The number of amides is 2. The zero-order valence-electron chi connectivity index (χ0n) is 15.1. The average Bonchev–Trinajstić information content (AvgIpc) is 3.05. The monoisotopic (exact) mass is 371 g/mol. The summed E-state index contributed by atoms with van der Waals surface area (Å²) in [4.78, 5) is 27.9. The second kappa shape index (κ2) is 7.19. The van der Waals surface area contributed by atoms with E-state index < -0.39 is 29.5 Å². The van der Waals surface area contributed by atoms with Gasteiger partial charge in [-0.3, -0.25) is 9.59 Å². The third-order valence-corrected chi connectivity index (χ3v) is 4.39. The van der Waals surface area contributed by atoms with Crippen molar-refractivity contribution in [2.75, 3.05) is 7.05 Å². The molecule has 140 valence electrons. The summed E-state index contributed by atoms with van der Waals surface area (Å²) >= 11 is 0. The van der Waals surface area contributed by atoms with Gasteiger partial charge < -0.3 is 15.6 Å². The molecule has 1 unspecified atom stereocenters. The molecule has 1 heterocycles. The van der Waals surface area contributed by atoms with E-state index in [4.69, 9.17) is 0 Å². The maximum absolute atomic E-state index is 13.6. The van der Waals surface area contributed by atoms with Gasteiger partial charge in [-0.05, 0) is 54.8 Å². The largest absolute Gasteiger partial charge is 0.357 e. The predicted molar refractivity (Wildman–Crippen MR) is 98.4 cm³/mol. The second-order valence-electron chi connectivity index (χ2n) is 6.42. The number of rotatable bonds is 4. The Balaban J connectivity index is 1.94. The minimum absolute atomic E-state index is 0.143. The fraction of sp³-hybridized carbons (Fsp3) is 0.200. The molecule has 0 fully saturated rings. The van der Waals surface area contributed by atoms with Crippen LogP contribution in [-0.4, -0.2) is 23.8 Å². The maximum Gasteiger partial charge on any atom is 0.268 e. The van der Waals surface area contributed by atoms with Crippen LogP contribution in [0.5, 0.6) is 0 Å². The molecule has 27 heavy (non-hydrogen) atoms. The SMILES string of the molecule is CNC(=O)C(NC(=O)c1cc2c(C)cc(C)cc2[nH]1)c1ccc(F)c(F)c1. The molecule has 0 saturated carbocycles. The lowest BCUT2D eigenvalue weighted by molar-refractivity contribution is -0.122. The third kappa shape index (κ3) is 3.67. The highest BCUT2D eigenvalue weighted by atomic mass is 19.2. The van der Waals surface area contributed by atoms with Gasteiger partial charge >= 0.3 is 0 Å².